The molecule has 0 radical (unpaired) electrons. The van der Waals surface area contributed by atoms with Crippen molar-refractivity contribution in [1.82, 2.24) is 20.1 Å². The number of ether oxygens (including phenoxy) is 2. The molecule has 1 heterocycles. The van der Waals surface area contributed by atoms with Crippen molar-refractivity contribution >= 4 is 17.7 Å². The summed E-state index contributed by atoms with van der Waals surface area (Å²) in [6, 6.07) is 16.1. The van der Waals surface area contributed by atoms with Crippen molar-refractivity contribution in [3.05, 3.63) is 54.1 Å². The van der Waals surface area contributed by atoms with E-state index in [0.29, 0.717) is 17.5 Å². The summed E-state index contributed by atoms with van der Waals surface area (Å²) in [7, 11) is 3.26. The first-order valence-corrected chi connectivity index (χ1v) is 13.1. The Bertz CT molecular complexity index is 1130. The van der Waals surface area contributed by atoms with E-state index in [4.69, 9.17) is 9.47 Å². The van der Waals surface area contributed by atoms with Crippen LogP contribution in [0.1, 0.15) is 63.6 Å². The second-order valence-electron chi connectivity index (χ2n) is 8.94. The van der Waals surface area contributed by atoms with Crippen LogP contribution < -0.4 is 14.8 Å². The Kier molecular flexibility index (Phi) is 8.33. The summed E-state index contributed by atoms with van der Waals surface area (Å²) in [6.45, 7) is 3.93. The van der Waals surface area contributed by atoms with Gasteiger partial charge in [0.2, 0.25) is 5.91 Å². The second kappa shape index (κ2) is 11.6. The molecule has 1 saturated carbocycles. The number of thioether (sulfide) groups is 1. The molecule has 0 aliphatic heterocycles. The zero-order chi connectivity index (χ0) is 24.8. The van der Waals surface area contributed by atoms with Gasteiger partial charge in [0, 0.05) is 11.6 Å². The first-order chi connectivity index (χ1) is 17.0. The summed E-state index contributed by atoms with van der Waals surface area (Å²) in [5, 5.41) is 12.7. The fourth-order valence-corrected chi connectivity index (χ4v) is 5.49. The minimum atomic E-state index is -0.314. The van der Waals surface area contributed by atoms with E-state index in [0.717, 1.165) is 34.9 Å². The van der Waals surface area contributed by atoms with Crippen LogP contribution in [0.15, 0.2) is 53.7 Å². The maximum absolute atomic E-state index is 13.0. The molecule has 1 amide bonds. The molecule has 7 nitrogen and oxygen atoms in total. The Balaban J connectivity index is 1.59. The molecule has 186 valence electrons. The lowest BCUT2D eigenvalue weighted by Crippen LogP contribution is -2.33. The van der Waals surface area contributed by atoms with Gasteiger partial charge in [-0.3, -0.25) is 9.36 Å². The van der Waals surface area contributed by atoms with Gasteiger partial charge < -0.3 is 14.8 Å². The number of amides is 1. The van der Waals surface area contributed by atoms with Crippen LogP contribution >= 0.6 is 11.8 Å². The fourth-order valence-electron chi connectivity index (χ4n) is 4.57. The molecule has 2 unspecified atom stereocenters. The highest BCUT2D eigenvalue weighted by Gasteiger charge is 2.27. The average molecular weight is 495 g/mol. The molecule has 0 bridgehead atoms. The lowest BCUT2D eigenvalue weighted by molar-refractivity contribution is -0.120. The number of carbonyl (C=O) groups excluding carboxylic acids is 1. The minimum Gasteiger partial charge on any atom is -0.493 e. The smallest absolute Gasteiger partial charge is 0.233 e. The lowest BCUT2D eigenvalue weighted by atomic mass is 9.95. The van der Waals surface area contributed by atoms with Crippen molar-refractivity contribution in [2.75, 3.05) is 14.2 Å². The summed E-state index contributed by atoms with van der Waals surface area (Å²) in [6.07, 6.45) is 5.78. The fraction of sp³-hybridized carbons (Fsp3) is 0.444. The number of hydrogen-bond acceptors (Lipinski definition) is 6. The van der Waals surface area contributed by atoms with Gasteiger partial charge in [-0.1, -0.05) is 61.4 Å². The average Bonchev–Trinajstić information content (AvgIpc) is 3.32. The molecule has 1 aromatic heterocycles. The Labute approximate surface area is 211 Å². The first-order valence-electron chi connectivity index (χ1n) is 12.2. The Morgan fingerprint density at radius 2 is 1.71 bits per heavy atom. The predicted octanol–water partition coefficient (Wildman–Crippen LogP) is 5.83. The van der Waals surface area contributed by atoms with Gasteiger partial charge in [-0.05, 0) is 50.5 Å². The zero-order valence-corrected chi connectivity index (χ0v) is 21.7. The first kappa shape index (κ1) is 25.1. The Hall–Kier alpha value is -3.00. The van der Waals surface area contributed by atoms with Gasteiger partial charge in [0.15, 0.2) is 22.5 Å². The van der Waals surface area contributed by atoms with E-state index in [1.807, 2.05) is 62.4 Å². The number of hydrogen-bond donors (Lipinski definition) is 1. The molecule has 1 fully saturated rings. The highest BCUT2D eigenvalue weighted by molar-refractivity contribution is 8.00. The quantitative estimate of drug-likeness (QED) is 0.377. The van der Waals surface area contributed by atoms with E-state index in [2.05, 4.69) is 20.1 Å². The lowest BCUT2D eigenvalue weighted by Gasteiger charge is -2.26. The van der Waals surface area contributed by atoms with Crippen molar-refractivity contribution in [3.63, 3.8) is 0 Å². The van der Waals surface area contributed by atoms with Gasteiger partial charge in [0.1, 0.15) is 0 Å². The van der Waals surface area contributed by atoms with E-state index < -0.39 is 0 Å². The van der Waals surface area contributed by atoms with Crippen molar-refractivity contribution in [1.29, 1.82) is 0 Å². The number of rotatable bonds is 9. The number of aromatic nitrogens is 3. The third-order valence-corrected chi connectivity index (χ3v) is 7.61. The summed E-state index contributed by atoms with van der Waals surface area (Å²) in [5.74, 6) is 2.11. The molecule has 1 N–H and O–H groups in total. The highest BCUT2D eigenvalue weighted by Crippen LogP contribution is 2.38. The van der Waals surface area contributed by atoms with Crippen LogP contribution in [-0.4, -0.2) is 40.1 Å². The molecular weight excluding hydrogens is 460 g/mol. The van der Waals surface area contributed by atoms with E-state index in [9.17, 15) is 4.79 Å². The standard InChI is InChI=1S/C27H34N4O3S/c1-18(20-11-7-5-8-12-20)28-26(32)19(2)35-27-30-29-25(31(27)22-13-9-6-10-14-22)21-15-16-23(33-3)24(17-21)34-4/h5,7-8,11-12,15-19,22H,6,9-10,13-14H2,1-4H3,(H,28,32). The summed E-state index contributed by atoms with van der Waals surface area (Å²) in [5.41, 5.74) is 2.00. The molecule has 2 atom stereocenters. The van der Waals surface area contributed by atoms with E-state index >= 15 is 0 Å². The maximum atomic E-state index is 13.0. The second-order valence-corrected chi connectivity index (χ2v) is 10.2. The maximum Gasteiger partial charge on any atom is 0.233 e. The molecule has 0 saturated heterocycles. The Morgan fingerprint density at radius 1 is 1.00 bits per heavy atom. The van der Waals surface area contributed by atoms with Crippen LogP contribution in [0.3, 0.4) is 0 Å². The summed E-state index contributed by atoms with van der Waals surface area (Å²) in [4.78, 5) is 13.0. The molecule has 2 aromatic carbocycles. The topological polar surface area (TPSA) is 78.3 Å². The molecule has 35 heavy (non-hydrogen) atoms. The monoisotopic (exact) mass is 494 g/mol. The van der Waals surface area contributed by atoms with Crippen molar-refractivity contribution < 1.29 is 14.3 Å². The van der Waals surface area contributed by atoms with Crippen LogP contribution in [-0.2, 0) is 4.79 Å². The molecule has 1 aliphatic rings. The van der Waals surface area contributed by atoms with Gasteiger partial charge in [-0.15, -0.1) is 10.2 Å². The minimum absolute atomic E-state index is 0.0165. The van der Waals surface area contributed by atoms with E-state index in [-0.39, 0.29) is 17.2 Å². The molecule has 1 aliphatic carbocycles. The molecular formula is C27H34N4O3S. The third-order valence-electron chi connectivity index (χ3n) is 6.56. The van der Waals surface area contributed by atoms with Crippen molar-refractivity contribution in [2.24, 2.45) is 0 Å². The summed E-state index contributed by atoms with van der Waals surface area (Å²) >= 11 is 1.46. The molecule has 3 aromatic rings. The summed E-state index contributed by atoms with van der Waals surface area (Å²) < 4.78 is 13.2. The number of carbonyl (C=O) groups is 1. The Morgan fingerprint density at radius 3 is 2.40 bits per heavy atom. The van der Waals surface area contributed by atoms with Crippen LogP contribution in [0.4, 0.5) is 0 Å². The highest BCUT2D eigenvalue weighted by atomic mass is 32.2. The van der Waals surface area contributed by atoms with Crippen LogP contribution in [0.25, 0.3) is 11.4 Å². The molecule has 8 heteroatoms. The normalized spacial score (nSPS) is 15.9. The van der Waals surface area contributed by atoms with E-state index in [1.165, 1.54) is 31.0 Å². The van der Waals surface area contributed by atoms with Crippen LogP contribution in [0.5, 0.6) is 11.5 Å². The number of nitrogens with zero attached hydrogens (tertiary/aromatic N) is 3. The van der Waals surface area contributed by atoms with Crippen LogP contribution in [0.2, 0.25) is 0 Å². The van der Waals surface area contributed by atoms with Crippen molar-refractivity contribution in [3.8, 4) is 22.9 Å². The number of benzene rings is 2. The molecule has 4 rings (SSSR count). The van der Waals surface area contributed by atoms with Gasteiger partial charge in [0.25, 0.3) is 0 Å². The van der Waals surface area contributed by atoms with Crippen molar-refractivity contribution in [2.45, 2.75) is 68.4 Å². The third kappa shape index (κ3) is 5.81. The largest absolute Gasteiger partial charge is 0.493 e. The van der Waals surface area contributed by atoms with Gasteiger partial charge in [-0.2, -0.15) is 0 Å². The number of nitrogens with one attached hydrogen (secondary N) is 1. The number of methoxy groups -OCH3 is 2. The van der Waals surface area contributed by atoms with Gasteiger partial charge in [-0.25, -0.2) is 0 Å². The van der Waals surface area contributed by atoms with Gasteiger partial charge >= 0.3 is 0 Å². The van der Waals surface area contributed by atoms with E-state index in [1.54, 1.807) is 14.2 Å². The zero-order valence-electron chi connectivity index (χ0n) is 20.9. The molecule has 0 spiro atoms. The van der Waals surface area contributed by atoms with Gasteiger partial charge in [0.05, 0.1) is 25.5 Å². The van der Waals surface area contributed by atoms with Crippen LogP contribution in [0, 0.1) is 0 Å². The predicted molar refractivity (Wildman–Crippen MR) is 139 cm³/mol. The SMILES string of the molecule is COc1ccc(-c2nnc(SC(C)C(=O)NC(C)c3ccccc3)n2C2CCCCC2)cc1OC.